The maximum absolute atomic E-state index is 13.9. The van der Waals surface area contributed by atoms with Crippen LogP contribution in [0.25, 0.3) is 22.2 Å². The molecule has 0 radical (unpaired) electrons. The summed E-state index contributed by atoms with van der Waals surface area (Å²) in [6.45, 7) is 4.71. The molecule has 2 aliphatic heterocycles. The zero-order valence-electron chi connectivity index (χ0n) is 21.5. The first-order valence-corrected chi connectivity index (χ1v) is 13.2. The summed E-state index contributed by atoms with van der Waals surface area (Å²) < 4.78 is 22.9. The van der Waals surface area contributed by atoms with Gasteiger partial charge < -0.3 is 29.0 Å². The van der Waals surface area contributed by atoms with E-state index >= 15 is 0 Å². The maximum atomic E-state index is 13.9. The fraction of sp³-hybridized carbons (Fsp3) is 0.300. The van der Waals surface area contributed by atoms with E-state index in [2.05, 4.69) is 15.4 Å². The Bertz CT molecular complexity index is 1610. The van der Waals surface area contributed by atoms with Crippen LogP contribution in [0.1, 0.15) is 46.0 Å². The van der Waals surface area contributed by atoms with Crippen LogP contribution in [-0.2, 0) is 14.2 Å². The van der Waals surface area contributed by atoms with E-state index in [0.29, 0.717) is 71.0 Å². The number of fused-ring (bicyclic) bond motifs is 2. The van der Waals surface area contributed by atoms with E-state index in [1.54, 1.807) is 31.2 Å². The maximum Gasteiger partial charge on any atom is 0.338 e. The summed E-state index contributed by atoms with van der Waals surface area (Å²) in [6.07, 6.45) is 1.46. The van der Waals surface area contributed by atoms with Crippen LogP contribution in [0.5, 0.6) is 0 Å². The molecule has 4 aromatic rings. The molecule has 1 spiro atoms. The lowest BCUT2D eigenvalue weighted by atomic mass is 9.86. The fourth-order valence-electron chi connectivity index (χ4n) is 5.85. The van der Waals surface area contributed by atoms with Gasteiger partial charge in [0.1, 0.15) is 5.52 Å². The summed E-state index contributed by atoms with van der Waals surface area (Å²) in [5.74, 6) is -0.438. The number of anilines is 3. The van der Waals surface area contributed by atoms with Crippen molar-refractivity contribution in [2.24, 2.45) is 0 Å². The molecule has 1 aliphatic carbocycles. The van der Waals surface area contributed by atoms with Gasteiger partial charge in [0.15, 0.2) is 17.3 Å². The van der Waals surface area contributed by atoms with E-state index in [4.69, 9.17) is 18.7 Å². The fourth-order valence-corrected chi connectivity index (χ4v) is 5.85. The summed E-state index contributed by atoms with van der Waals surface area (Å²) in [6, 6.07) is 16.5. The predicted molar refractivity (Wildman–Crippen MR) is 145 cm³/mol. The molecular weight excluding hydrogens is 498 g/mol. The first kappa shape index (κ1) is 23.9. The molecule has 0 atom stereocenters. The lowest BCUT2D eigenvalue weighted by molar-refractivity contribution is -0.169. The largest absolute Gasteiger partial charge is 0.462 e. The summed E-state index contributed by atoms with van der Waals surface area (Å²) in [5, 5.41) is 8.58. The predicted octanol–water partition coefficient (Wildman–Crippen LogP) is 5.30. The number of carbonyl (C=O) groups excluding carboxylic acids is 2. The molecule has 198 valence electrons. The molecule has 9 nitrogen and oxygen atoms in total. The molecule has 7 rings (SSSR count). The van der Waals surface area contributed by atoms with Crippen molar-refractivity contribution in [3.63, 3.8) is 0 Å². The molecule has 3 aromatic carbocycles. The Morgan fingerprint density at radius 2 is 1.82 bits per heavy atom. The smallest absolute Gasteiger partial charge is 0.338 e. The number of rotatable bonds is 5. The lowest BCUT2D eigenvalue weighted by Gasteiger charge is -2.39. The third-order valence-electron chi connectivity index (χ3n) is 7.71. The number of ether oxygens (including phenoxy) is 3. The van der Waals surface area contributed by atoms with E-state index in [1.165, 1.54) is 0 Å². The van der Waals surface area contributed by atoms with Gasteiger partial charge in [-0.1, -0.05) is 35.5 Å². The van der Waals surface area contributed by atoms with E-state index in [-0.39, 0.29) is 12.4 Å². The first-order valence-electron chi connectivity index (χ1n) is 13.2. The van der Waals surface area contributed by atoms with Crippen LogP contribution in [0.2, 0.25) is 0 Å². The van der Waals surface area contributed by atoms with Crippen LogP contribution in [0.3, 0.4) is 0 Å². The van der Waals surface area contributed by atoms with Crippen molar-refractivity contribution in [3.8, 4) is 11.3 Å². The van der Waals surface area contributed by atoms with Gasteiger partial charge >= 0.3 is 5.97 Å². The second kappa shape index (κ2) is 9.21. The van der Waals surface area contributed by atoms with E-state index in [9.17, 15) is 9.59 Å². The summed E-state index contributed by atoms with van der Waals surface area (Å²) in [4.78, 5) is 28.5. The first-order chi connectivity index (χ1) is 19.1. The summed E-state index contributed by atoms with van der Waals surface area (Å²) in [5.41, 5.74) is 5.03. The molecule has 1 aromatic heterocycles. The minimum absolute atomic E-state index is 0.104. The minimum Gasteiger partial charge on any atom is -0.462 e. The zero-order chi connectivity index (χ0) is 26.6. The normalized spacial score (nSPS) is 17.5. The Labute approximate surface area is 224 Å². The van der Waals surface area contributed by atoms with E-state index < -0.39 is 11.8 Å². The summed E-state index contributed by atoms with van der Waals surface area (Å²) >= 11 is 0. The van der Waals surface area contributed by atoms with Crippen LogP contribution in [0, 0.1) is 0 Å². The van der Waals surface area contributed by atoms with Crippen LogP contribution in [-0.4, -0.2) is 55.6 Å². The molecular formula is C30H27N3O6. The zero-order valence-corrected chi connectivity index (χ0v) is 21.5. The van der Waals surface area contributed by atoms with Gasteiger partial charge in [-0.2, -0.15) is 0 Å². The molecule has 2 fully saturated rings. The van der Waals surface area contributed by atoms with Crippen molar-refractivity contribution in [2.45, 2.75) is 25.6 Å². The highest BCUT2D eigenvalue weighted by molar-refractivity contribution is 6.28. The molecule has 2 saturated heterocycles. The number of aromatic nitrogens is 1. The third kappa shape index (κ3) is 3.88. The van der Waals surface area contributed by atoms with Gasteiger partial charge in [0.25, 0.3) is 0 Å². The number of hydrogen-bond donors (Lipinski definition) is 1. The van der Waals surface area contributed by atoms with Gasteiger partial charge in [-0.15, -0.1) is 0 Å². The number of piperidine rings is 1. The monoisotopic (exact) mass is 525 g/mol. The number of hydrogen-bond acceptors (Lipinski definition) is 9. The van der Waals surface area contributed by atoms with Crippen LogP contribution in [0.15, 0.2) is 59.1 Å². The molecule has 1 N–H and O–H groups in total. The van der Waals surface area contributed by atoms with Gasteiger partial charge in [-0.05, 0) is 31.2 Å². The number of nitrogens with zero attached hydrogens (tertiary/aromatic N) is 2. The Morgan fingerprint density at radius 3 is 2.59 bits per heavy atom. The molecule has 0 bridgehead atoms. The number of carbonyl (C=O) groups is 2. The summed E-state index contributed by atoms with van der Waals surface area (Å²) in [7, 11) is 0. The molecule has 9 heteroatoms. The van der Waals surface area contributed by atoms with E-state index in [1.807, 2.05) is 30.3 Å². The SMILES string of the molecule is CCOC(=O)c1cccc(Nc2cc(N3CCC4(CC3)OCCO4)c3noc4c3c2C(=O)c2ccccc2-4)c1. The van der Waals surface area contributed by atoms with Gasteiger partial charge in [0.05, 0.1) is 47.7 Å². The Morgan fingerprint density at radius 1 is 1.05 bits per heavy atom. The van der Waals surface area contributed by atoms with Crippen LogP contribution in [0.4, 0.5) is 17.1 Å². The van der Waals surface area contributed by atoms with Gasteiger partial charge in [0.2, 0.25) is 0 Å². The van der Waals surface area contributed by atoms with Crippen molar-refractivity contribution in [2.75, 3.05) is 43.1 Å². The van der Waals surface area contributed by atoms with Gasteiger partial charge in [-0.3, -0.25) is 4.79 Å². The number of ketones is 1. The molecule has 3 aliphatic rings. The molecule has 0 unspecified atom stereocenters. The highest BCUT2D eigenvalue weighted by Gasteiger charge is 2.41. The minimum atomic E-state index is -0.514. The second-order valence-electron chi connectivity index (χ2n) is 9.95. The van der Waals surface area contributed by atoms with Crippen molar-refractivity contribution in [3.05, 3.63) is 71.3 Å². The molecule has 3 heterocycles. The number of benzene rings is 3. The highest BCUT2D eigenvalue weighted by atomic mass is 16.7. The quantitative estimate of drug-likeness (QED) is 0.306. The molecule has 0 saturated carbocycles. The van der Waals surface area contributed by atoms with Crippen molar-refractivity contribution >= 4 is 39.7 Å². The van der Waals surface area contributed by atoms with Crippen LogP contribution >= 0.6 is 0 Å². The standard InChI is InChI=1S/C30H27N3O6/c1-2-36-29(35)18-6-5-7-19(16-18)31-22-17-23(33-12-10-30(11-13-33)37-14-15-38-30)26-25-24(22)27(34)20-8-3-4-9-21(20)28(25)39-32-26/h3-9,16-17,31H,2,10-15H2,1H3. The average Bonchev–Trinajstić information content (AvgIpc) is 3.61. The van der Waals surface area contributed by atoms with Crippen molar-refractivity contribution in [1.82, 2.24) is 5.16 Å². The van der Waals surface area contributed by atoms with E-state index in [0.717, 1.165) is 24.1 Å². The third-order valence-corrected chi connectivity index (χ3v) is 7.71. The average molecular weight is 526 g/mol. The molecule has 0 amide bonds. The van der Waals surface area contributed by atoms with Crippen LogP contribution < -0.4 is 10.2 Å². The topological polar surface area (TPSA) is 103 Å². The second-order valence-corrected chi connectivity index (χ2v) is 9.95. The number of esters is 1. The molecule has 39 heavy (non-hydrogen) atoms. The van der Waals surface area contributed by atoms with Gasteiger partial charge in [-0.25, -0.2) is 4.79 Å². The Hall–Kier alpha value is -4.21. The Balaban J connectivity index is 1.35. The van der Waals surface area contributed by atoms with Crippen molar-refractivity contribution < 1.29 is 28.3 Å². The lowest BCUT2D eigenvalue weighted by Crippen LogP contribution is -2.45. The highest BCUT2D eigenvalue weighted by Crippen LogP contribution is 2.47. The number of nitrogens with one attached hydrogen (secondary N) is 1. The van der Waals surface area contributed by atoms with Gasteiger partial charge in [0, 0.05) is 42.7 Å². The Kier molecular flexibility index (Phi) is 5.64. The van der Waals surface area contributed by atoms with Crippen molar-refractivity contribution in [1.29, 1.82) is 0 Å².